The minimum absolute atomic E-state index is 0.0497. The molecule has 1 saturated heterocycles. The number of fused-ring (bicyclic) bond motifs is 5. The smallest absolute Gasteiger partial charge is 0.204 e. The molecule has 0 N–H and O–H groups in total. The average molecular weight is 455 g/mol. The molecule has 6 rings (SSSR count). The number of rotatable bonds is 0. The molecule has 1 aliphatic heterocycles. The normalized spacial score (nSPS) is 56.4. The quantitative estimate of drug-likeness (QED) is 0.386. The van der Waals surface area contributed by atoms with E-state index >= 15 is 0 Å². The summed E-state index contributed by atoms with van der Waals surface area (Å²) in [4.78, 5) is 25.9. The van der Waals surface area contributed by atoms with Gasteiger partial charge in [0.25, 0.3) is 0 Å². The fraction of sp³-hybridized carbons (Fsp3) is 0.933. The summed E-state index contributed by atoms with van der Waals surface area (Å²) in [7, 11) is 0. The summed E-state index contributed by atoms with van der Waals surface area (Å²) in [6.07, 6.45) is 11.0. The zero-order valence-electron chi connectivity index (χ0n) is 22.2. The lowest BCUT2D eigenvalue weighted by molar-refractivity contribution is -0.238. The first-order chi connectivity index (χ1) is 15.2. The van der Waals surface area contributed by atoms with E-state index < -0.39 is 5.41 Å². The zero-order chi connectivity index (χ0) is 23.8. The van der Waals surface area contributed by atoms with Crippen molar-refractivity contribution in [2.24, 2.45) is 56.2 Å². The largest absolute Gasteiger partial charge is 0.377 e. The molecule has 1 unspecified atom stereocenters. The van der Waals surface area contributed by atoms with Gasteiger partial charge in [0.15, 0.2) is 5.78 Å². The highest BCUT2D eigenvalue weighted by atomic mass is 16.5. The van der Waals surface area contributed by atoms with Crippen LogP contribution in [0.1, 0.15) is 106 Å². The second-order valence-corrected chi connectivity index (χ2v) is 15.4. The van der Waals surface area contributed by atoms with Crippen LogP contribution < -0.4 is 0 Å². The molecule has 0 spiro atoms. The van der Waals surface area contributed by atoms with E-state index in [1.807, 2.05) is 0 Å². The maximum atomic E-state index is 13.0. The maximum Gasteiger partial charge on any atom is 0.204 e. The van der Waals surface area contributed by atoms with Crippen molar-refractivity contribution in [2.75, 3.05) is 6.61 Å². The number of ketones is 2. The van der Waals surface area contributed by atoms with E-state index in [-0.39, 0.29) is 27.8 Å². The molecule has 3 nitrogen and oxygen atoms in total. The van der Waals surface area contributed by atoms with E-state index in [4.69, 9.17) is 4.74 Å². The molecular formula is C30H46O3. The lowest BCUT2D eigenvalue weighted by atomic mass is 9.31. The monoisotopic (exact) mass is 454 g/mol. The lowest BCUT2D eigenvalue weighted by Crippen LogP contribution is -2.68. The van der Waals surface area contributed by atoms with Crippen LogP contribution in [-0.2, 0) is 14.3 Å². The summed E-state index contributed by atoms with van der Waals surface area (Å²) >= 11 is 0. The molecule has 2 bridgehead atoms. The highest BCUT2D eigenvalue weighted by Crippen LogP contribution is 2.77. The highest BCUT2D eigenvalue weighted by molar-refractivity contribution is 6.39. The molecule has 6 fully saturated rings. The van der Waals surface area contributed by atoms with Crippen LogP contribution in [0.15, 0.2) is 0 Å². The van der Waals surface area contributed by atoms with E-state index in [2.05, 4.69) is 48.5 Å². The molecule has 184 valence electrons. The third kappa shape index (κ3) is 2.47. The van der Waals surface area contributed by atoms with E-state index in [9.17, 15) is 9.59 Å². The Morgan fingerprint density at radius 3 is 2.18 bits per heavy atom. The van der Waals surface area contributed by atoms with Gasteiger partial charge in [-0.1, -0.05) is 48.5 Å². The number of hydrogen-bond acceptors (Lipinski definition) is 3. The van der Waals surface area contributed by atoms with Crippen LogP contribution in [0, 0.1) is 56.2 Å². The van der Waals surface area contributed by atoms with Crippen molar-refractivity contribution in [3.05, 3.63) is 0 Å². The van der Waals surface area contributed by atoms with Crippen molar-refractivity contribution in [3.8, 4) is 0 Å². The summed E-state index contributed by atoms with van der Waals surface area (Å²) in [6, 6.07) is 0. The van der Waals surface area contributed by atoms with Gasteiger partial charge in [0.1, 0.15) is 0 Å². The van der Waals surface area contributed by atoms with Crippen LogP contribution in [0.5, 0.6) is 0 Å². The van der Waals surface area contributed by atoms with E-state index in [0.717, 1.165) is 18.9 Å². The van der Waals surface area contributed by atoms with E-state index in [1.165, 1.54) is 44.9 Å². The Kier molecular flexibility index (Phi) is 4.37. The van der Waals surface area contributed by atoms with Crippen LogP contribution in [0.2, 0.25) is 0 Å². The third-order valence-corrected chi connectivity index (χ3v) is 13.7. The lowest BCUT2D eigenvalue weighted by Gasteiger charge is -2.72. The zero-order valence-corrected chi connectivity index (χ0v) is 22.2. The Morgan fingerprint density at radius 2 is 1.45 bits per heavy atom. The van der Waals surface area contributed by atoms with Gasteiger partial charge >= 0.3 is 0 Å². The molecule has 5 saturated carbocycles. The maximum absolute atomic E-state index is 13.0. The fourth-order valence-electron chi connectivity index (χ4n) is 11.7. The summed E-state index contributed by atoms with van der Waals surface area (Å²) in [5, 5.41) is 0. The minimum atomic E-state index is -0.514. The molecule has 9 atom stereocenters. The number of carbonyl (C=O) groups is 2. The summed E-state index contributed by atoms with van der Waals surface area (Å²) in [5.41, 5.74) is 0.674. The molecule has 3 heteroatoms. The molecule has 5 aliphatic carbocycles. The first kappa shape index (κ1) is 22.7. The van der Waals surface area contributed by atoms with Crippen molar-refractivity contribution in [1.29, 1.82) is 0 Å². The molecule has 0 amide bonds. The Morgan fingerprint density at radius 1 is 0.758 bits per heavy atom. The van der Waals surface area contributed by atoms with Gasteiger partial charge in [0.05, 0.1) is 12.7 Å². The van der Waals surface area contributed by atoms with Gasteiger partial charge in [-0.15, -0.1) is 0 Å². The van der Waals surface area contributed by atoms with Gasteiger partial charge in [-0.2, -0.15) is 0 Å². The Hall–Kier alpha value is -0.700. The standard InChI is InChI=1S/C30H46O3/c1-25(2)12-14-30-15-13-28(6)18(22(30)24(25)33-17-30)8-9-21-27(5)16-19(31)23(32)26(3,4)20(27)10-11-29(21,28)7/h18,20-22,24H,8-17H2,1-7H3/t18-,20?,21-,22+,24-,27+,28-,29-,30-/m1/s1. The van der Waals surface area contributed by atoms with Gasteiger partial charge in [-0.05, 0) is 102 Å². The van der Waals surface area contributed by atoms with Crippen LogP contribution in [0.3, 0.4) is 0 Å². The predicted octanol–water partition coefficient (Wildman–Crippen LogP) is 6.62. The highest BCUT2D eigenvalue weighted by Gasteiger charge is 2.73. The van der Waals surface area contributed by atoms with Crippen molar-refractivity contribution in [3.63, 3.8) is 0 Å². The summed E-state index contributed by atoms with van der Waals surface area (Å²) in [5.74, 6) is 2.09. The van der Waals surface area contributed by atoms with E-state index in [0.29, 0.717) is 41.1 Å². The number of hydrogen-bond donors (Lipinski definition) is 0. The Labute approximate surface area is 201 Å². The molecule has 1 heterocycles. The summed E-state index contributed by atoms with van der Waals surface area (Å²) in [6.45, 7) is 17.7. The van der Waals surface area contributed by atoms with Gasteiger partial charge < -0.3 is 4.74 Å². The van der Waals surface area contributed by atoms with Crippen molar-refractivity contribution in [1.82, 2.24) is 0 Å². The first-order valence-corrected chi connectivity index (χ1v) is 13.9. The molecule has 0 aromatic rings. The molecule has 0 aromatic heterocycles. The van der Waals surface area contributed by atoms with E-state index in [1.54, 1.807) is 0 Å². The molecule has 6 aliphatic rings. The van der Waals surface area contributed by atoms with Crippen LogP contribution in [-0.4, -0.2) is 24.3 Å². The number of Topliss-reactive ketones (excluding diaryl/α,β-unsaturated/α-hetero) is 2. The fourth-order valence-corrected chi connectivity index (χ4v) is 11.7. The van der Waals surface area contributed by atoms with Crippen LogP contribution in [0.4, 0.5) is 0 Å². The molecule has 0 aromatic carbocycles. The van der Waals surface area contributed by atoms with Crippen molar-refractivity contribution >= 4 is 11.6 Å². The van der Waals surface area contributed by atoms with Crippen molar-refractivity contribution in [2.45, 2.75) is 112 Å². The van der Waals surface area contributed by atoms with Gasteiger partial charge in [0.2, 0.25) is 5.78 Å². The summed E-state index contributed by atoms with van der Waals surface area (Å²) < 4.78 is 6.67. The molecule has 0 radical (unpaired) electrons. The van der Waals surface area contributed by atoms with Crippen LogP contribution >= 0.6 is 0 Å². The van der Waals surface area contributed by atoms with Gasteiger partial charge in [0, 0.05) is 11.8 Å². The Bertz CT molecular complexity index is 918. The minimum Gasteiger partial charge on any atom is -0.377 e. The predicted molar refractivity (Wildman–Crippen MR) is 130 cm³/mol. The van der Waals surface area contributed by atoms with Gasteiger partial charge in [-0.3, -0.25) is 9.59 Å². The van der Waals surface area contributed by atoms with Gasteiger partial charge in [-0.25, -0.2) is 0 Å². The third-order valence-electron chi connectivity index (χ3n) is 13.7. The SMILES string of the molecule is CC1(C)C(=O)C(=O)C[C@@]2(C)C1CC[C@]1(C)[C@@H]2CC[C@@H]2[C@H]3[C@H]4OC[C@@]3(CCC4(C)C)CC[C@]21C. The first-order valence-electron chi connectivity index (χ1n) is 13.9. The molecular weight excluding hydrogens is 408 g/mol. The average Bonchev–Trinajstić information content (AvgIpc) is 3.06. The topological polar surface area (TPSA) is 43.4 Å². The Balaban J connectivity index is 1.41. The number of ether oxygens (including phenoxy) is 1. The van der Waals surface area contributed by atoms with Crippen LogP contribution in [0.25, 0.3) is 0 Å². The number of carbonyl (C=O) groups excluding carboxylic acids is 2. The second kappa shape index (κ2) is 6.34. The second-order valence-electron chi connectivity index (χ2n) is 15.4. The van der Waals surface area contributed by atoms with Crippen molar-refractivity contribution < 1.29 is 14.3 Å². The molecule has 33 heavy (non-hydrogen) atoms.